The van der Waals surface area contributed by atoms with Gasteiger partial charge in [0.05, 0.1) is 21.8 Å². The molecule has 170 valence electrons. The molecule has 1 N–H and O–H groups in total. The Bertz CT molecular complexity index is 1280. The van der Waals surface area contributed by atoms with Crippen molar-refractivity contribution < 1.29 is 22.7 Å². The fourth-order valence-electron chi connectivity index (χ4n) is 3.21. The Balaban J connectivity index is 1.55. The van der Waals surface area contributed by atoms with Gasteiger partial charge in [-0.2, -0.15) is 5.10 Å². The number of hydrogen-bond acceptors (Lipinski definition) is 6. The number of sulfonamides is 1. The minimum atomic E-state index is -4.06. The van der Waals surface area contributed by atoms with Crippen molar-refractivity contribution in [3.63, 3.8) is 0 Å². The number of rotatable bonds is 7. The number of halogens is 1. The molecule has 0 spiro atoms. The van der Waals surface area contributed by atoms with Crippen LogP contribution in [0.2, 0.25) is 5.02 Å². The first-order valence-electron chi connectivity index (χ1n) is 9.99. The maximum absolute atomic E-state index is 13.3. The SMILES string of the molecule is O=C(CN(c1ccccc1Cl)S(=O)(=O)c1ccccc1)N/N=C\c1cccc2c1OCCO2. The fourth-order valence-corrected chi connectivity index (χ4v) is 4.96. The largest absolute Gasteiger partial charge is 0.486 e. The first-order chi connectivity index (χ1) is 16.0. The summed E-state index contributed by atoms with van der Waals surface area (Å²) < 4.78 is 38.7. The Morgan fingerprint density at radius 3 is 2.52 bits per heavy atom. The normalized spacial score (nSPS) is 13.0. The summed E-state index contributed by atoms with van der Waals surface area (Å²) >= 11 is 6.25. The summed E-state index contributed by atoms with van der Waals surface area (Å²) in [5, 5.41) is 4.15. The Morgan fingerprint density at radius 1 is 1.00 bits per heavy atom. The second-order valence-corrected chi connectivity index (χ2v) is 9.21. The molecule has 1 amide bonds. The third-order valence-electron chi connectivity index (χ3n) is 4.73. The standard InChI is InChI=1S/C23H20ClN3O5S/c24-19-10-4-5-11-20(19)27(33(29,30)18-8-2-1-3-9-18)16-22(28)26-25-15-17-7-6-12-21-23(17)32-14-13-31-21/h1-12,15H,13-14,16H2,(H,26,28)/b25-15-. The van der Waals surface area contributed by atoms with E-state index in [-0.39, 0.29) is 15.6 Å². The van der Waals surface area contributed by atoms with Gasteiger partial charge in [0.2, 0.25) is 0 Å². The molecule has 1 aliphatic heterocycles. The first kappa shape index (κ1) is 22.6. The Labute approximate surface area is 196 Å². The van der Waals surface area contributed by atoms with Gasteiger partial charge in [-0.05, 0) is 36.4 Å². The molecular weight excluding hydrogens is 466 g/mol. The van der Waals surface area contributed by atoms with Gasteiger partial charge in [-0.1, -0.05) is 48.0 Å². The van der Waals surface area contributed by atoms with Crippen molar-refractivity contribution in [2.24, 2.45) is 5.10 Å². The maximum Gasteiger partial charge on any atom is 0.264 e. The van der Waals surface area contributed by atoms with E-state index in [4.69, 9.17) is 21.1 Å². The lowest BCUT2D eigenvalue weighted by Crippen LogP contribution is -2.39. The number of fused-ring (bicyclic) bond motifs is 1. The molecule has 1 heterocycles. The highest BCUT2D eigenvalue weighted by Gasteiger charge is 2.28. The van der Waals surface area contributed by atoms with E-state index < -0.39 is 22.5 Å². The molecule has 4 rings (SSSR count). The number of carbonyl (C=O) groups is 1. The molecule has 33 heavy (non-hydrogen) atoms. The molecule has 0 aromatic heterocycles. The van der Waals surface area contributed by atoms with Crippen LogP contribution in [-0.4, -0.2) is 40.3 Å². The summed E-state index contributed by atoms with van der Waals surface area (Å²) in [6, 6.07) is 19.6. The highest BCUT2D eigenvalue weighted by atomic mass is 35.5. The number of hydrazone groups is 1. The third kappa shape index (κ3) is 5.10. The molecular formula is C23H20ClN3O5S. The van der Waals surface area contributed by atoms with Crippen LogP contribution in [0.25, 0.3) is 0 Å². The van der Waals surface area contributed by atoms with Crippen LogP contribution in [0, 0.1) is 0 Å². The van der Waals surface area contributed by atoms with E-state index in [0.29, 0.717) is 30.3 Å². The number of benzene rings is 3. The van der Waals surface area contributed by atoms with Crippen molar-refractivity contribution in [3.05, 3.63) is 83.4 Å². The van der Waals surface area contributed by atoms with Crippen LogP contribution in [0.4, 0.5) is 5.69 Å². The lowest BCUT2D eigenvalue weighted by atomic mass is 10.2. The predicted octanol–water partition coefficient (Wildman–Crippen LogP) is 3.46. The minimum absolute atomic E-state index is 0.0364. The van der Waals surface area contributed by atoms with Crippen molar-refractivity contribution >= 4 is 39.4 Å². The van der Waals surface area contributed by atoms with Crippen LogP contribution in [0.3, 0.4) is 0 Å². The zero-order chi connectivity index (χ0) is 23.3. The molecule has 0 aliphatic carbocycles. The van der Waals surface area contributed by atoms with Gasteiger partial charge >= 0.3 is 0 Å². The number of ether oxygens (including phenoxy) is 2. The van der Waals surface area contributed by atoms with Crippen LogP contribution < -0.4 is 19.2 Å². The van der Waals surface area contributed by atoms with E-state index in [9.17, 15) is 13.2 Å². The highest BCUT2D eigenvalue weighted by molar-refractivity contribution is 7.92. The van der Waals surface area contributed by atoms with E-state index in [2.05, 4.69) is 10.5 Å². The van der Waals surface area contributed by atoms with Crippen LogP contribution in [-0.2, 0) is 14.8 Å². The molecule has 0 saturated heterocycles. The van der Waals surface area contributed by atoms with E-state index in [1.54, 1.807) is 54.6 Å². The van der Waals surface area contributed by atoms with Crippen molar-refractivity contribution in [2.45, 2.75) is 4.90 Å². The monoisotopic (exact) mass is 485 g/mol. The summed E-state index contributed by atoms with van der Waals surface area (Å²) in [5.74, 6) is 0.481. The van der Waals surface area contributed by atoms with Gasteiger partial charge in [-0.15, -0.1) is 0 Å². The molecule has 0 fully saturated rings. The van der Waals surface area contributed by atoms with Crippen LogP contribution >= 0.6 is 11.6 Å². The first-order valence-corrected chi connectivity index (χ1v) is 11.8. The number of anilines is 1. The van der Waals surface area contributed by atoms with E-state index in [1.807, 2.05) is 0 Å². The average molecular weight is 486 g/mol. The van der Waals surface area contributed by atoms with Gasteiger partial charge in [0.15, 0.2) is 11.5 Å². The van der Waals surface area contributed by atoms with Crippen LogP contribution in [0.1, 0.15) is 5.56 Å². The summed E-state index contributed by atoms with van der Waals surface area (Å²) in [6.45, 7) is 0.345. The van der Waals surface area contributed by atoms with Gasteiger partial charge in [-0.25, -0.2) is 13.8 Å². The Morgan fingerprint density at radius 2 is 1.73 bits per heavy atom. The van der Waals surface area contributed by atoms with Crippen molar-refractivity contribution in [1.29, 1.82) is 0 Å². The van der Waals surface area contributed by atoms with Crippen LogP contribution in [0.15, 0.2) is 82.8 Å². The molecule has 1 aliphatic rings. The number of hydrogen-bond donors (Lipinski definition) is 1. The molecule has 0 bridgehead atoms. The smallest absolute Gasteiger partial charge is 0.264 e. The molecule has 0 unspecified atom stereocenters. The molecule has 3 aromatic carbocycles. The second kappa shape index (κ2) is 9.93. The fraction of sp³-hybridized carbons (Fsp3) is 0.130. The molecule has 3 aromatic rings. The topological polar surface area (TPSA) is 97.3 Å². The molecule has 0 radical (unpaired) electrons. The number of amides is 1. The lowest BCUT2D eigenvalue weighted by molar-refractivity contribution is -0.119. The zero-order valence-electron chi connectivity index (χ0n) is 17.3. The Hall–Kier alpha value is -3.56. The quantitative estimate of drug-likeness (QED) is 0.408. The van der Waals surface area contributed by atoms with Gasteiger partial charge in [0, 0.05) is 5.56 Å². The molecule has 0 atom stereocenters. The third-order valence-corrected chi connectivity index (χ3v) is 6.82. The highest BCUT2D eigenvalue weighted by Crippen LogP contribution is 2.32. The minimum Gasteiger partial charge on any atom is -0.486 e. The predicted molar refractivity (Wildman–Crippen MR) is 126 cm³/mol. The number of nitrogens with zero attached hydrogens (tertiary/aromatic N) is 2. The van der Waals surface area contributed by atoms with Crippen molar-refractivity contribution in [1.82, 2.24) is 5.43 Å². The molecule has 10 heteroatoms. The summed E-state index contributed by atoms with van der Waals surface area (Å²) in [5.41, 5.74) is 3.17. The second-order valence-electron chi connectivity index (χ2n) is 6.94. The summed E-state index contributed by atoms with van der Waals surface area (Å²) in [6.07, 6.45) is 1.41. The summed E-state index contributed by atoms with van der Waals surface area (Å²) in [4.78, 5) is 12.7. The van der Waals surface area contributed by atoms with Gasteiger partial charge in [-0.3, -0.25) is 9.10 Å². The molecule has 0 saturated carbocycles. The van der Waals surface area contributed by atoms with Gasteiger partial charge in [0.25, 0.3) is 15.9 Å². The number of para-hydroxylation sites is 2. The lowest BCUT2D eigenvalue weighted by Gasteiger charge is -2.24. The van der Waals surface area contributed by atoms with Crippen molar-refractivity contribution in [3.8, 4) is 11.5 Å². The number of nitrogens with one attached hydrogen (secondary N) is 1. The van der Waals surface area contributed by atoms with E-state index in [1.165, 1.54) is 24.4 Å². The maximum atomic E-state index is 13.3. The van der Waals surface area contributed by atoms with Gasteiger partial charge in [0.1, 0.15) is 19.8 Å². The van der Waals surface area contributed by atoms with Gasteiger partial charge < -0.3 is 9.47 Å². The van der Waals surface area contributed by atoms with E-state index >= 15 is 0 Å². The average Bonchev–Trinajstić information content (AvgIpc) is 2.84. The van der Waals surface area contributed by atoms with Crippen LogP contribution in [0.5, 0.6) is 11.5 Å². The zero-order valence-corrected chi connectivity index (χ0v) is 18.9. The Kier molecular flexibility index (Phi) is 6.81. The number of carbonyl (C=O) groups excluding carboxylic acids is 1. The summed E-state index contributed by atoms with van der Waals surface area (Å²) in [7, 11) is -4.06. The molecule has 8 nitrogen and oxygen atoms in total. The van der Waals surface area contributed by atoms with E-state index in [0.717, 1.165) is 4.31 Å². The van der Waals surface area contributed by atoms with Crippen molar-refractivity contribution in [2.75, 3.05) is 24.1 Å².